The van der Waals surface area contributed by atoms with Crippen LogP contribution in [-0.4, -0.2) is 12.4 Å². The van der Waals surface area contributed by atoms with Gasteiger partial charge in [0.05, 0.1) is 0 Å². The minimum Gasteiger partial charge on any atom is -0.485 e. The van der Waals surface area contributed by atoms with Gasteiger partial charge in [0.2, 0.25) is 0 Å². The molecule has 0 bridgehead atoms. The van der Waals surface area contributed by atoms with Gasteiger partial charge in [-0.25, -0.2) is 0 Å². The van der Waals surface area contributed by atoms with Crippen LogP contribution >= 0.6 is 0 Å². The Morgan fingerprint density at radius 2 is 1.79 bits per heavy atom. The minimum absolute atomic E-state index is 0.00412. The maximum absolute atomic E-state index is 11.9. The summed E-state index contributed by atoms with van der Waals surface area (Å²) in [4.78, 5) is 11.9. The van der Waals surface area contributed by atoms with Gasteiger partial charge >= 0.3 is 0 Å². The van der Waals surface area contributed by atoms with Crippen LogP contribution in [0.5, 0.6) is 5.75 Å². The zero-order chi connectivity index (χ0) is 13.7. The number of rotatable bonds is 5. The van der Waals surface area contributed by atoms with Crippen molar-refractivity contribution in [3.8, 4) is 5.75 Å². The standard InChI is InChI=1S/C17H18O2/c1-13(2)15-9-6-10-16(11-15)19-12-17(18)14-7-4-3-5-8-14/h3-11,13H,12H2,1-2H3. The van der Waals surface area contributed by atoms with E-state index in [1.165, 1.54) is 5.56 Å². The van der Waals surface area contributed by atoms with Gasteiger partial charge in [-0.05, 0) is 23.6 Å². The number of hydrogen-bond acceptors (Lipinski definition) is 2. The summed E-state index contributed by atoms with van der Waals surface area (Å²) in [6.07, 6.45) is 0. The third-order valence-corrected chi connectivity index (χ3v) is 2.99. The van der Waals surface area contributed by atoms with E-state index in [0.29, 0.717) is 11.5 Å². The van der Waals surface area contributed by atoms with Gasteiger partial charge in [-0.3, -0.25) is 4.79 Å². The average Bonchev–Trinajstić information content (AvgIpc) is 2.46. The number of hydrogen-bond donors (Lipinski definition) is 0. The van der Waals surface area contributed by atoms with Crippen LogP contribution in [0.15, 0.2) is 54.6 Å². The lowest BCUT2D eigenvalue weighted by atomic mass is 10.0. The van der Waals surface area contributed by atoms with Gasteiger partial charge in [0, 0.05) is 5.56 Å². The highest BCUT2D eigenvalue weighted by Crippen LogP contribution is 2.20. The Bertz CT molecular complexity index is 544. The summed E-state index contributed by atoms with van der Waals surface area (Å²) in [5, 5.41) is 0. The fraction of sp³-hybridized carbons (Fsp3) is 0.235. The van der Waals surface area contributed by atoms with Gasteiger partial charge in [0.15, 0.2) is 12.4 Å². The zero-order valence-electron chi connectivity index (χ0n) is 11.3. The van der Waals surface area contributed by atoms with E-state index in [4.69, 9.17) is 4.74 Å². The molecule has 0 saturated carbocycles. The van der Waals surface area contributed by atoms with Gasteiger partial charge in [-0.15, -0.1) is 0 Å². The lowest BCUT2D eigenvalue weighted by Gasteiger charge is -2.09. The predicted molar refractivity (Wildman–Crippen MR) is 76.8 cm³/mol. The second-order valence-electron chi connectivity index (χ2n) is 4.81. The van der Waals surface area contributed by atoms with Crippen molar-refractivity contribution in [2.45, 2.75) is 19.8 Å². The Balaban J connectivity index is 1.99. The smallest absolute Gasteiger partial charge is 0.200 e. The number of carbonyl (C=O) groups excluding carboxylic acids is 1. The molecule has 0 spiro atoms. The number of benzene rings is 2. The van der Waals surface area contributed by atoms with E-state index in [1.54, 1.807) is 12.1 Å². The Labute approximate surface area is 114 Å². The number of ketones is 1. The Hall–Kier alpha value is -2.09. The molecular weight excluding hydrogens is 236 g/mol. The molecule has 2 nitrogen and oxygen atoms in total. The maximum atomic E-state index is 11.9. The van der Waals surface area contributed by atoms with E-state index in [-0.39, 0.29) is 12.4 Å². The molecule has 0 unspecified atom stereocenters. The van der Waals surface area contributed by atoms with Gasteiger partial charge in [0.25, 0.3) is 0 Å². The van der Waals surface area contributed by atoms with E-state index < -0.39 is 0 Å². The molecule has 2 aromatic rings. The van der Waals surface area contributed by atoms with Crippen molar-refractivity contribution >= 4 is 5.78 Å². The van der Waals surface area contributed by atoms with Crippen molar-refractivity contribution in [1.82, 2.24) is 0 Å². The van der Waals surface area contributed by atoms with E-state index in [1.807, 2.05) is 36.4 Å². The number of carbonyl (C=O) groups is 1. The summed E-state index contributed by atoms with van der Waals surface area (Å²) >= 11 is 0. The molecule has 0 saturated heterocycles. The average molecular weight is 254 g/mol. The molecule has 0 aliphatic rings. The van der Waals surface area contributed by atoms with Gasteiger partial charge in [0.1, 0.15) is 5.75 Å². The van der Waals surface area contributed by atoms with Crippen LogP contribution in [-0.2, 0) is 0 Å². The van der Waals surface area contributed by atoms with Crippen LogP contribution in [0.4, 0.5) is 0 Å². The van der Waals surface area contributed by atoms with E-state index >= 15 is 0 Å². The van der Waals surface area contributed by atoms with Crippen LogP contribution < -0.4 is 4.74 Å². The molecule has 0 aliphatic carbocycles. The number of Topliss-reactive ketones (excluding diaryl/α,β-unsaturated/α-hetero) is 1. The van der Waals surface area contributed by atoms with Crippen molar-refractivity contribution in [2.75, 3.05) is 6.61 Å². The first-order valence-electron chi connectivity index (χ1n) is 6.48. The molecule has 19 heavy (non-hydrogen) atoms. The highest BCUT2D eigenvalue weighted by atomic mass is 16.5. The molecule has 98 valence electrons. The van der Waals surface area contributed by atoms with Crippen LogP contribution in [0, 0.1) is 0 Å². The normalized spacial score (nSPS) is 10.5. The summed E-state index contributed by atoms with van der Waals surface area (Å²) < 4.78 is 5.56. The summed E-state index contributed by atoms with van der Waals surface area (Å²) in [5.74, 6) is 1.19. The first kappa shape index (κ1) is 13.3. The molecule has 0 aromatic heterocycles. The van der Waals surface area contributed by atoms with Crippen molar-refractivity contribution in [3.63, 3.8) is 0 Å². The molecule has 0 fully saturated rings. The molecule has 0 N–H and O–H groups in total. The summed E-state index contributed by atoms with van der Waals surface area (Å²) in [7, 11) is 0. The molecule has 0 heterocycles. The van der Waals surface area contributed by atoms with Crippen molar-refractivity contribution < 1.29 is 9.53 Å². The first-order chi connectivity index (χ1) is 9.16. The Morgan fingerprint density at radius 3 is 2.47 bits per heavy atom. The SMILES string of the molecule is CC(C)c1cccc(OCC(=O)c2ccccc2)c1. The minimum atomic E-state index is -0.00412. The Morgan fingerprint density at radius 1 is 1.05 bits per heavy atom. The highest BCUT2D eigenvalue weighted by Gasteiger charge is 2.07. The fourth-order valence-electron chi connectivity index (χ4n) is 1.82. The lowest BCUT2D eigenvalue weighted by molar-refractivity contribution is 0.0921. The monoisotopic (exact) mass is 254 g/mol. The quantitative estimate of drug-likeness (QED) is 0.752. The van der Waals surface area contributed by atoms with Crippen molar-refractivity contribution in [1.29, 1.82) is 0 Å². The fourth-order valence-corrected chi connectivity index (χ4v) is 1.82. The lowest BCUT2D eigenvalue weighted by Crippen LogP contribution is -2.11. The number of ether oxygens (including phenoxy) is 1. The topological polar surface area (TPSA) is 26.3 Å². The van der Waals surface area contributed by atoms with Gasteiger partial charge in [-0.2, -0.15) is 0 Å². The third-order valence-electron chi connectivity index (χ3n) is 2.99. The van der Waals surface area contributed by atoms with E-state index in [9.17, 15) is 4.79 Å². The molecule has 0 atom stereocenters. The molecule has 2 aromatic carbocycles. The van der Waals surface area contributed by atoms with Crippen molar-refractivity contribution in [2.24, 2.45) is 0 Å². The highest BCUT2D eigenvalue weighted by molar-refractivity contribution is 5.97. The van der Waals surface area contributed by atoms with Gasteiger partial charge in [-0.1, -0.05) is 56.3 Å². The molecule has 0 amide bonds. The van der Waals surface area contributed by atoms with Crippen LogP contribution in [0.3, 0.4) is 0 Å². The van der Waals surface area contributed by atoms with Gasteiger partial charge < -0.3 is 4.74 Å². The summed E-state index contributed by atoms with van der Waals surface area (Å²) in [6.45, 7) is 4.34. The zero-order valence-corrected chi connectivity index (χ0v) is 11.3. The molecule has 0 aliphatic heterocycles. The molecular formula is C17H18O2. The Kier molecular flexibility index (Phi) is 4.35. The molecule has 0 radical (unpaired) electrons. The second-order valence-corrected chi connectivity index (χ2v) is 4.81. The first-order valence-corrected chi connectivity index (χ1v) is 6.48. The molecule has 2 rings (SSSR count). The third kappa shape index (κ3) is 3.68. The van der Waals surface area contributed by atoms with E-state index in [2.05, 4.69) is 19.9 Å². The van der Waals surface area contributed by atoms with Crippen LogP contribution in [0.2, 0.25) is 0 Å². The van der Waals surface area contributed by atoms with E-state index in [0.717, 1.165) is 5.75 Å². The largest absolute Gasteiger partial charge is 0.485 e. The maximum Gasteiger partial charge on any atom is 0.200 e. The van der Waals surface area contributed by atoms with Crippen molar-refractivity contribution in [3.05, 3.63) is 65.7 Å². The summed E-state index contributed by atoms with van der Waals surface area (Å²) in [6, 6.07) is 17.1. The second kappa shape index (κ2) is 6.19. The van der Waals surface area contributed by atoms with Crippen LogP contribution in [0.25, 0.3) is 0 Å². The molecule has 2 heteroatoms. The van der Waals surface area contributed by atoms with Crippen LogP contribution in [0.1, 0.15) is 35.7 Å². The summed E-state index contributed by atoms with van der Waals surface area (Å²) in [5.41, 5.74) is 1.90. The predicted octanol–water partition coefficient (Wildman–Crippen LogP) is 4.07.